The molecule has 0 saturated heterocycles. The first kappa shape index (κ1) is 37.3. The molecule has 1 fully saturated rings. The lowest BCUT2D eigenvalue weighted by Crippen LogP contribution is -2.51. The Morgan fingerprint density at radius 1 is 0.942 bits per heavy atom. The van der Waals surface area contributed by atoms with Gasteiger partial charge in [-0.15, -0.1) is 0 Å². The van der Waals surface area contributed by atoms with Gasteiger partial charge in [-0.05, 0) is 61.4 Å². The van der Waals surface area contributed by atoms with Crippen molar-refractivity contribution in [3.05, 3.63) is 124 Å². The minimum atomic E-state index is -4.65. The molecule has 52 heavy (non-hydrogen) atoms. The maximum Gasteiger partial charge on any atom is 0.416 e. The van der Waals surface area contributed by atoms with Crippen LogP contribution in [0.15, 0.2) is 102 Å². The van der Waals surface area contributed by atoms with Crippen LogP contribution in [0.1, 0.15) is 34.3 Å². The van der Waals surface area contributed by atoms with Crippen LogP contribution < -0.4 is 16.2 Å². The van der Waals surface area contributed by atoms with Crippen molar-refractivity contribution in [2.75, 3.05) is 34.2 Å². The number of nitriles is 1. The van der Waals surface area contributed by atoms with Crippen molar-refractivity contribution < 1.29 is 27.2 Å². The second-order valence-corrected chi connectivity index (χ2v) is 13.5. The molecule has 5 aromatic rings. The molecule has 270 valence electrons. The molecule has 2 heterocycles. The molecule has 11 nitrogen and oxygen atoms in total. The van der Waals surface area contributed by atoms with Crippen molar-refractivity contribution in [3.8, 4) is 28.8 Å². The predicted octanol–water partition coefficient (Wildman–Crippen LogP) is 4.94. The van der Waals surface area contributed by atoms with Crippen LogP contribution in [0.2, 0.25) is 0 Å². The van der Waals surface area contributed by atoms with Gasteiger partial charge < -0.3 is 15.1 Å². The molecule has 1 aliphatic carbocycles. The van der Waals surface area contributed by atoms with E-state index in [9.17, 15) is 32.8 Å². The highest BCUT2D eigenvalue weighted by atomic mass is 19.4. The number of benzene rings is 3. The van der Waals surface area contributed by atoms with Crippen molar-refractivity contribution in [1.82, 2.24) is 29.8 Å². The maximum atomic E-state index is 14.0. The molecule has 3 aromatic carbocycles. The smallest absolute Gasteiger partial charge is 0.350 e. The minimum absolute atomic E-state index is 0.0821. The predicted molar refractivity (Wildman–Crippen MR) is 190 cm³/mol. The Hall–Kier alpha value is -5.94. The summed E-state index contributed by atoms with van der Waals surface area (Å²) in [6, 6.07) is 26.0. The SMILES string of the molecule is Cn1c(-c2ccnn2-c2ccc(C#N)cc2)c(C(=O)NC2CC(C(=O)NCC[N+](C)(C)C)C2)c(=O)n1-c1cccc(C(F)(F)F)c1.c1ccccc1. The molecular formula is C38H40F3N8O3+. The number of alkyl halides is 3. The highest BCUT2D eigenvalue weighted by Crippen LogP contribution is 2.32. The zero-order valence-corrected chi connectivity index (χ0v) is 29.3. The highest BCUT2D eigenvalue weighted by Gasteiger charge is 2.38. The number of hydrogen-bond acceptors (Lipinski definition) is 5. The molecule has 0 radical (unpaired) electrons. The largest absolute Gasteiger partial charge is 0.416 e. The lowest BCUT2D eigenvalue weighted by atomic mass is 9.79. The molecule has 0 spiro atoms. The number of likely N-dealkylation sites (N-methyl/N-ethyl adjacent to an activating group) is 1. The molecule has 0 atom stereocenters. The fourth-order valence-corrected chi connectivity index (χ4v) is 5.82. The Morgan fingerprint density at radius 3 is 2.15 bits per heavy atom. The minimum Gasteiger partial charge on any atom is -0.350 e. The van der Waals surface area contributed by atoms with E-state index >= 15 is 0 Å². The van der Waals surface area contributed by atoms with E-state index in [-0.39, 0.29) is 34.8 Å². The molecule has 6 rings (SSSR count). The third kappa shape index (κ3) is 8.67. The Balaban J connectivity index is 0.000000790. The average molecular weight is 714 g/mol. The molecule has 2 N–H and O–H groups in total. The summed E-state index contributed by atoms with van der Waals surface area (Å²) in [5, 5.41) is 19.3. The normalized spacial score (nSPS) is 15.4. The summed E-state index contributed by atoms with van der Waals surface area (Å²) in [6.45, 7) is 1.28. The molecule has 0 unspecified atom stereocenters. The van der Waals surface area contributed by atoms with Crippen molar-refractivity contribution in [1.29, 1.82) is 5.26 Å². The summed E-state index contributed by atoms with van der Waals surface area (Å²) in [5.74, 6) is -1.10. The van der Waals surface area contributed by atoms with E-state index < -0.39 is 23.2 Å². The fraction of sp³-hybridized carbons (Fsp3) is 0.289. The standard InChI is InChI=1S/C32H33F3N8O3.C6H6/c1-40-28(26-12-13-38-41(26)24-10-8-20(19-36)9-11-24)27(31(46)42(40)25-7-5-6-22(18-25)32(33,34)35)30(45)39-23-16-21(17-23)29(44)37-14-15-43(2,3)4;1-2-4-6-5-3-1/h5-13,18,21,23H,14-17H2,1-4H3,(H-,37,39,44,45);1-6H/p+1. The number of hydrogen-bond donors (Lipinski definition) is 2. The van der Waals surface area contributed by atoms with E-state index in [1.165, 1.54) is 34.7 Å². The quantitative estimate of drug-likeness (QED) is 0.210. The van der Waals surface area contributed by atoms with E-state index in [0.29, 0.717) is 40.8 Å². The monoisotopic (exact) mass is 713 g/mol. The van der Waals surface area contributed by atoms with Crippen LogP contribution in [0.5, 0.6) is 0 Å². The van der Waals surface area contributed by atoms with Crippen LogP contribution in [-0.4, -0.2) is 75.7 Å². The Labute approximate surface area is 299 Å². The van der Waals surface area contributed by atoms with Gasteiger partial charge in [-0.1, -0.05) is 42.5 Å². The third-order valence-electron chi connectivity index (χ3n) is 8.63. The van der Waals surface area contributed by atoms with Gasteiger partial charge in [-0.2, -0.15) is 23.5 Å². The molecule has 1 saturated carbocycles. The summed E-state index contributed by atoms with van der Waals surface area (Å²) in [6.07, 6.45) is -2.42. The van der Waals surface area contributed by atoms with Crippen molar-refractivity contribution in [3.63, 3.8) is 0 Å². The van der Waals surface area contributed by atoms with Crippen LogP contribution in [-0.2, 0) is 18.0 Å². The summed E-state index contributed by atoms with van der Waals surface area (Å²) in [7, 11) is 7.55. The van der Waals surface area contributed by atoms with Crippen molar-refractivity contribution in [2.24, 2.45) is 13.0 Å². The molecule has 0 aliphatic heterocycles. The number of rotatable bonds is 9. The van der Waals surface area contributed by atoms with E-state index in [4.69, 9.17) is 0 Å². The van der Waals surface area contributed by atoms with Crippen molar-refractivity contribution >= 4 is 11.8 Å². The lowest BCUT2D eigenvalue weighted by Gasteiger charge is -2.35. The number of quaternary nitrogens is 1. The van der Waals surface area contributed by atoms with Crippen LogP contribution in [0.3, 0.4) is 0 Å². The van der Waals surface area contributed by atoms with Gasteiger partial charge in [-0.3, -0.25) is 19.1 Å². The molecular weight excluding hydrogens is 673 g/mol. The van der Waals surface area contributed by atoms with Crippen LogP contribution in [0.25, 0.3) is 22.8 Å². The molecule has 14 heteroatoms. The molecule has 2 aromatic heterocycles. The number of nitrogens with zero attached hydrogens (tertiary/aromatic N) is 6. The van der Waals surface area contributed by atoms with E-state index in [0.717, 1.165) is 23.4 Å². The van der Waals surface area contributed by atoms with Crippen molar-refractivity contribution in [2.45, 2.75) is 25.1 Å². The summed E-state index contributed by atoms with van der Waals surface area (Å²) in [4.78, 5) is 40.4. The zero-order chi connectivity index (χ0) is 37.6. The van der Waals surface area contributed by atoms with Gasteiger partial charge in [0.05, 0.1) is 74.7 Å². The first-order valence-corrected chi connectivity index (χ1v) is 16.6. The zero-order valence-electron chi connectivity index (χ0n) is 29.3. The Bertz CT molecular complexity index is 2090. The Morgan fingerprint density at radius 2 is 1.58 bits per heavy atom. The number of halogens is 3. The van der Waals surface area contributed by atoms with Gasteiger partial charge in [0.15, 0.2) is 0 Å². The van der Waals surface area contributed by atoms with Gasteiger partial charge in [0.25, 0.3) is 11.5 Å². The summed E-state index contributed by atoms with van der Waals surface area (Å²) in [5.41, 5.74) is -0.750. The van der Waals surface area contributed by atoms with Crippen LogP contribution in [0, 0.1) is 17.2 Å². The maximum absolute atomic E-state index is 14.0. The number of nitrogens with one attached hydrogen (secondary N) is 2. The highest BCUT2D eigenvalue weighted by molar-refractivity contribution is 6.00. The van der Waals surface area contributed by atoms with Gasteiger partial charge in [0, 0.05) is 19.0 Å². The van der Waals surface area contributed by atoms with Gasteiger partial charge in [0.1, 0.15) is 11.3 Å². The second-order valence-electron chi connectivity index (χ2n) is 13.5. The number of carbonyl (C=O) groups excluding carboxylic acids is 2. The third-order valence-corrected chi connectivity index (χ3v) is 8.63. The van der Waals surface area contributed by atoms with Gasteiger partial charge in [0.2, 0.25) is 5.91 Å². The van der Waals surface area contributed by atoms with Gasteiger partial charge in [-0.25, -0.2) is 9.36 Å². The topological polar surface area (TPSA) is 127 Å². The van der Waals surface area contributed by atoms with E-state index in [2.05, 4.69) is 15.7 Å². The second kappa shape index (κ2) is 15.5. The molecule has 0 bridgehead atoms. The average Bonchev–Trinajstić information content (AvgIpc) is 3.67. The lowest BCUT2D eigenvalue weighted by molar-refractivity contribution is -0.869. The first-order valence-electron chi connectivity index (χ1n) is 16.6. The number of carbonyl (C=O) groups is 2. The summed E-state index contributed by atoms with van der Waals surface area (Å²) < 4.78 is 45.3. The molecule has 1 aliphatic rings. The van der Waals surface area contributed by atoms with Crippen LogP contribution >= 0.6 is 0 Å². The fourth-order valence-electron chi connectivity index (χ4n) is 5.82. The van der Waals surface area contributed by atoms with E-state index in [1.54, 1.807) is 30.3 Å². The summed E-state index contributed by atoms with van der Waals surface area (Å²) >= 11 is 0. The number of amides is 2. The van der Waals surface area contributed by atoms with Crippen LogP contribution in [0.4, 0.5) is 13.2 Å². The van der Waals surface area contributed by atoms with Gasteiger partial charge >= 0.3 is 6.18 Å². The van der Waals surface area contributed by atoms with E-state index in [1.807, 2.05) is 63.6 Å². The Kier molecular flexibility index (Phi) is 11.1. The number of aromatic nitrogens is 4. The molecule has 2 amide bonds. The first-order chi connectivity index (χ1) is 24.7.